The number of aromatic hydroxyl groups is 1. The molecule has 9 nitrogen and oxygen atoms in total. The number of imide groups is 1. The number of carbonyl (C=O) groups is 2. The quantitative estimate of drug-likeness (QED) is 0.128. The number of benzene rings is 2. The average Bonchev–Trinajstić information content (AvgIpc) is 3.54. The summed E-state index contributed by atoms with van der Waals surface area (Å²) in [6, 6.07) is 16.3. The predicted octanol–water partition coefficient (Wildman–Crippen LogP) is 6.85. The van der Waals surface area contributed by atoms with Crippen LogP contribution in [-0.2, 0) is 14.3 Å². The number of phenolic OH excluding ortho intramolecular Hbond substituents is 1. The molecule has 0 radical (unpaired) electrons. The van der Waals surface area contributed by atoms with Crippen LogP contribution in [-0.4, -0.2) is 39.5 Å². The van der Waals surface area contributed by atoms with Crippen LogP contribution in [0.5, 0.6) is 5.75 Å². The second kappa shape index (κ2) is 12.0. The predicted molar refractivity (Wildman–Crippen MR) is 167 cm³/mol. The molecule has 0 unspecified atom stereocenters. The summed E-state index contributed by atoms with van der Waals surface area (Å²) < 4.78 is 6.40. The summed E-state index contributed by atoms with van der Waals surface area (Å²) in [7, 11) is 0. The Morgan fingerprint density at radius 2 is 1.95 bits per heavy atom. The molecule has 1 aliphatic carbocycles. The minimum Gasteiger partial charge on any atom is -0.508 e. The van der Waals surface area contributed by atoms with Gasteiger partial charge in [-0.2, -0.15) is 0 Å². The number of halogens is 1. The molecule has 2 saturated heterocycles. The van der Waals surface area contributed by atoms with Crippen LogP contribution in [0.25, 0.3) is 11.6 Å². The molecule has 1 aromatic heterocycles. The molecule has 3 heterocycles. The van der Waals surface area contributed by atoms with Crippen molar-refractivity contribution >= 4 is 46.4 Å². The molecule has 0 bridgehead atoms. The van der Waals surface area contributed by atoms with Gasteiger partial charge in [-0.3, -0.25) is 24.7 Å². The number of pyridine rings is 1. The van der Waals surface area contributed by atoms with Crippen LogP contribution in [0, 0.1) is 33.8 Å². The molecule has 2 fully saturated rings. The zero-order chi connectivity index (χ0) is 31.1. The smallest absolute Gasteiger partial charge is 0.271 e. The van der Waals surface area contributed by atoms with Crippen molar-refractivity contribution in [1.29, 1.82) is 0 Å². The molecule has 10 heteroatoms. The van der Waals surface area contributed by atoms with Gasteiger partial charge in [-0.15, -0.1) is 0 Å². The maximum atomic E-state index is 13.9. The molecule has 2 aromatic carbocycles. The molecule has 4 atom stereocenters. The van der Waals surface area contributed by atoms with E-state index < -0.39 is 16.8 Å². The lowest BCUT2D eigenvalue weighted by Gasteiger charge is -2.33. The summed E-state index contributed by atoms with van der Waals surface area (Å²) in [5.41, 5.74) is 4.82. The Morgan fingerprint density at radius 1 is 1.14 bits per heavy atom. The SMILES string of the molecule is CC(C)C1=C2[C@@H](CC/C(=C/c3ccc(O)cc3Cl)c3ccccn3)OC[C@@H]2[C@@H]2C(=O)N(c3cccc([N+](=O)[O-])c3)C(=O)[C@@H]2C1. The molecule has 226 valence electrons. The molecule has 2 aliphatic heterocycles. The normalized spacial score (nSPS) is 23.4. The Balaban J connectivity index is 1.30. The zero-order valence-electron chi connectivity index (χ0n) is 24.4. The number of phenols is 1. The number of aromatic nitrogens is 1. The van der Waals surface area contributed by atoms with E-state index >= 15 is 0 Å². The number of nitro groups is 1. The van der Waals surface area contributed by atoms with Gasteiger partial charge in [-0.25, -0.2) is 4.90 Å². The first-order chi connectivity index (χ1) is 21.1. The van der Waals surface area contributed by atoms with Crippen LogP contribution in [0.1, 0.15) is 44.4 Å². The number of nitro benzene ring substituents is 1. The van der Waals surface area contributed by atoms with Gasteiger partial charge in [0.05, 0.1) is 45.9 Å². The molecule has 1 N–H and O–H groups in total. The Labute approximate surface area is 260 Å². The number of carbonyl (C=O) groups excluding carboxylic acids is 2. The molecule has 0 spiro atoms. The number of anilines is 1. The second-order valence-corrected chi connectivity index (χ2v) is 12.2. The van der Waals surface area contributed by atoms with Crippen molar-refractivity contribution in [1.82, 2.24) is 4.98 Å². The molecule has 2 amide bonds. The van der Waals surface area contributed by atoms with E-state index in [1.165, 1.54) is 24.3 Å². The molecule has 44 heavy (non-hydrogen) atoms. The number of nitrogens with zero attached hydrogens (tertiary/aromatic N) is 3. The lowest BCUT2D eigenvalue weighted by molar-refractivity contribution is -0.384. The van der Waals surface area contributed by atoms with E-state index in [-0.39, 0.29) is 46.9 Å². The van der Waals surface area contributed by atoms with Crippen LogP contribution < -0.4 is 4.90 Å². The van der Waals surface area contributed by atoms with Crippen molar-refractivity contribution in [2.75, 3.05) is 11.5 Å². The number of allylic oxidation sites excluding steroid dienone is 2. The van der Waals surface area contributed by atoms with E-state index in [1.54, 1.807) is 24.4 Å². The second-order valence-electron chi connectivity index (χ2n) is 11.8. The van der Waals surface area contributed by atoms with E-state index in [2.05, 4.69) is 18.8 Å². The van der Waals surface area contributed by atoms with Gasteiger partial charge in [0.1, 0.15) is 5.75 Å². The van der Waals surface area contributed by atoms with Gasteiger partial charge >= 0.3 is 0 Å². The summed E-state index contributed by atoms with van der Waals surface area (Å²) in [5.74, 6) is -1.76. The van der Waals surface area contributed by atoms with Crippen molar-refractivity contribution in [3.05, 3.63) is 104 Å². The third-order valence-corrected chi connectivity index (χ3v) is 9.25. The van der Waals surface area contributed by atoms with Gasteiger partial charge in [-0.1, -0.05) is 43.2 Å². The van der Waals surface area contributed by atoms with Gasteiger partial charge < -0.3 is 9.84 Å². The number of amides is 2. The lowest BCUT2D eigenvalue weighted by Crippen LogP contribution is -2.35. The molecule has 6 rings (SSSR count). The van der Waals surface area contributed by atoms with Crippen molar-refractivity contribution in [2.45, 2.75) is 39.2 Å². The van der Waals surface area contributed by atoms with E-state index in [4.69, 9.17) is 16.3 Å². The number of hydrogen-bond acceptors (Lipinski definition) is 7. The minimum absolute atomic E-state index is 0.0877. The number of non-ortho nitro benzene ring substituents is 1. The van der Waals surface area contributed by atoms with Gasteiger partial charge in [0.2, 0.25) is 11.8 Å². The third-order valence-electron chi connectivity index (χ3n) is 8.92. The van der Waals surface area contributed by atoms with Gasteiger partial charge in [0, 0.05) is 24.2 Å². The standard InChI is InChI=1S/C34H32ClN3O6/c1-19(2)25-17-26-32(34(41)37(33(26)40)22-6-5-7-23(15-22)38(42)43)27-18-44-30(31(25)27)12-10-21(29-8-3-4-13-36-29)14-20-9-11-24(39)16-28(20)35/h3-9,11,13-16,19,26-27,30,32,39H,10,12,17-18H2,1-2H3/b21-14-/t26-,27+,30-,32-/m1/s1. The Kier molecular flexibility index (Phi) is 8.09. The Morgan fingerprint density at radius 3 is 2.66 bits per heavy atom. The number of fused-ring (bicyclic) bond motifs is 3. The topological polar surface area (TPSA) is 123 Å². The minimum atomic E-state index is -0.578. The molecular weight excluding hydrogens is 582 g/mol. The van der Waals surface area contributed by atoms with Crippen molar-refractivity contribution in [3.63, 3.8) is 0 Å². The summed E-state index contributed by atoms with van der Waals surface area (Å²) in [4.78, 5) is 44.1. The van der Waals surface area contributed by atoms with Gasteiger partial charge in [0.25, 0.3) is 5.69 Å². The van der Waals surface area contributed by atoms with Gasteiger partial charge in [0.15, 0.2) is 0 Å². The summed E-state index contributed by atoms with van der Waals surface area (Å²) in [6.45, 7) is 4.52. The fourth-order valence-electron chi connectivity index (χ4n) is 6.89. The molecule has 3 aliphatic rings. The van der Waals surface area contributed by atoms with Crippen LogP contribution in [0.4, 0.5) is 11.4 Å². The highest BCUT2D eigenvalue weighted by atomic mass is 35.5. The maximum absolute atomic E-state index is 13.9. The Hall–Kier alpha value is -4.34. The molecule has 3 aromatic rings. The number of rotatable bonds is 8. The number of hydrogen-bond donors (Lipinski definition) is 1. The maximum Gasteiger partial charge on any atom is 0.271 e. The largest absolute Gasteiger partial charge is 0.508 e. The van der Waals surface area contributed by atoms with Crippen LogP contribution in [0.15, 0.2) is 78.0 Å². The average molecular weight is 614 g/mol. The van der Waals surface area contributed by atoms with E-state index in [1.807, 2.05) is 24.3 Å². The first-order valence-electron chi connectivity index (χ1n) is 14.7. The van der Waals surface area contributed by atoms with E-state index in [9.17, 15) is 24.8 Å². The van der Waals surface area contributed by atoms with Crippen LogP contribution in [0.3, 0.4) is 0 Å². The fourth-order valence-corrected chi connectivity index (χ4v) is 7.12. The Bertz CT molecular complexity index is 1700. The highest BCUT2D eigenvalue weighted by molar-refractivity contribution is 6.32. The third kappa shape index (κ3) is 5.42. The van der Waals surface area contributed by atoms with E-state index in [0.29, 0.717) is 30.9 Å². The highest BCUT2D eigenvalue weighted by Crippen LogP contribution is 2.52. The molecule has 0 saturated carbocycles. The fraction of sp³-hybridized carbons (Fsp3) is 0.324. The van der Waals surface area contributed by atoms with Gasteiger partial charge in [-0.05, 0) is 84.4 Å². The van der Waals surface area contributed by atoms with Crippen LogP contribution >= 0.6 is 11.6 Å². The summed E-state index contributed by atoms with van der Waals surface area (Å²) in [5, 5.41) is 21.6. The van der Waals surface area contributed by atoms with Crippen molar-refractivity contribution < 1.29 is 24.4 Å². The lowest BCUT2D eigenvalue weighted by atomic mass is 9.67. The monoisotopic (exact) mass is 613 g/mol. The summed E-state index contributed by atoms with van der Waals surface area (Å²) in [6.07, 6.45) is 5.17. The van der Waals surface area contributed by atoms with Crippen molar-refractivity contribution in [2.24, 2.45) is 23.7 Å². The van der Waals surface area contributed by atoms with E-state index in [0.717, 1.165) is 32.9 Å². The molecular formula is C34H32ClN3O6. The first kappa shape index (κ1) is 29.7. The summed E-state index contributed by atoms with van der Waals surface area (Å²) >= 11 is 6.44. The number of ether oxygens (including phenoxy) is 1. The van der Waals surface area contributed by atoms with Crippen LogP contribution in [0.2, 0.25) is 5.02 Å². The van der Waals surface area contributed by atoms with Crippen molar-refractivity contribution in [3.8, 4) is 5.75 Å². The first-order valence-corrected chi connectivity index (χ1v) is 15.1. The highest BCUT2D eigenvalue weighted by Gasteiger charge is 2.57. The zero-order valence-corrected chi connectivity index (χ0v) is 25.1.